The summed E-state index contributed by atoms with van der Waals surface area (Å²) in [4.78, 5) is 4.24. The molecule has 0 amide bonds. The van der Waals surface area contributed by atoms with Crippen LogP contribution in [0.25, 0.3) is 5.65 Å². The van der Waals surface area contributed by atoms with Crippen LogP contribution in [0.4, 0.5) is 5.69 Å². The molecule has 0 fully saturated rings. The summed E-state index contributed by atoms with van der Waals surface area (Å²) < 4.78 is 1.87. The minimum Gasteiger partial charge on any atom is -0.396 e. The van der Waals surface area contributed by atoms with Crippen LogP contribution in [-0.4, -0.2) is 9.38 Å². The van der Waals surface area contributed by atoms with Crippen LogP contribution in [0.1, 0.15) is 5.69 Å². The average Bonchev–Trinajstić information content (AvgIpc) is 2.49. The molecule has 2 aromatic heterocycles. The van der Waals surface area contributed by atoms with E-state index in [1.54, 1.807) is 0 Å². The molecule has 0 aliphatic carbocycles. The second-order valence-corrected chi connectivity index (χ2v) is 2.83. The molecule has 2 heterocycles. The highest BCUT2D eigenvalue weighted by molar-refractivity contribution is 6.16. The summed E-state index contributed by atoms with van der Waals surface area (Å²) >= 11 is 5.63. The van der Waals surface area contributed by atoms with Crippen LogP contribution >= 0.6 is 24.0 Å². The summed E-state index contributed by atoms with van der Waals surface area (Å²) in [5.41, 5.74) is 7.99. The normalized spacial score (nSPS) is 9.92. The van der Waals surface area contributed by atoms with Crippen LogP contribution in [0.5, 0.6) is 0 Å². The number of nitrogens with zero attached hydrogens (tertiary/aromatic N) is 2. The van der Waals surface area contributed by atoms with Crippen LogP contribution in [0, 0.1) is 0 Å². The Morgan fingerprint density at radius 3 is 2.92 bits per heavy atom. The number of nitrogens with two attached hydrogens (primary N) is 1. The van der Waals surface area contributed by atoms with Crippen molar-refractivity contribution < 1.29 is 0 Å². The van der Waals surface area contributed by atoms with Gasteiger partial charge in [0.25, 0.3) is 0 Å². The van der Waals surface area contributed by atoms with Crippen molar-refractivity contribution in [3.8, 4) is 0 Å². The molecule has 0 aliphatic heterocycles. The number of imidazole rings is 1. The van der Waals surface area contributed by atoms with Crippen LogP contribution in [-0.2, 0) is 5.88 Å². The number of aromatic nitrogens is 2. The van der Waals surface area contributed by atoms with Gasteiger partial charge >= 0.3 is 0 Å². The van der Waals surface area contributed by atoms with E-state index in [4.69, 9.17) is 17.3 Å². The Balaban J connectivity index is 0.000000845. The third-order valence-electron chi connectivity index (χ3n) is 1.70. The lowest BCUT2D eigenvalue weighted by atomic mass is 10.4. The summed E-state index contributed by atoms with van der Waals surface area (Å²) in [5.74, 6) is 0.418. The largest absolute Gasteiger partial charge is 0.396 e. The van der Waals surface area contributed by atoms with Gasteiger partial charge in [-0.25, -0.2) is 4.98 Å². The van der Waals surface area contributed by atoms with E-state index in [0.717, 1.165) is 11.3 Å². The fourth-order valence-electron chi connectivity index (χ4n) is 1.15. The van der Waals surface area contributed by atoms with Crippen LogP contribution in [0.3, 0.4) is 0 Å². The maximum absolute atomic E-state index is 5.70. The standard InChI is InChI=1S/C8H8ClN3.ClH/c9-4-6-5-12-3-1-2-7(10)8(12)11-6;/h1-3,5H,4,10H2;1H. The third-order valence-corrected chi connectivity index (χ3v) is 1.97. The molecule has 0 saturated heterocycles. The van der Waals surface area contributed by atoms with Gasteiger partial charge in [-0.05, 0) is 12.1 Å². The zero-order chi connectivity index (χ0) is 8.55. The molecule has 13 heavy (non-hydrogen) atoms. The van der Waals surface area contributed by atoms with Crippen LogP contribution in [0.2, 0.25) is 0 Å². The summed E-state index contributed by atoms with van der Waals surface area (Å²) in [5, 5.41) is 0. The molecule has 2 N–H and O–H groups in total. The van der Waals surface area contributed by atoms with E-state index in [9.17, 15) is 0 Å². The second-order valence-electron chi connectivity index (χ2n) is 2.56. The summed E-state index contributed by atoms with van der Waals surface area (Å²) in [6.45, 7) is 0. The highest BCUT2D eigenvalue weighted by Crippen LogP contribution is 2.13. The van der Waals surface area contributed by atoms with Gasteiger partial charge in [0.2, 0.25) is 0 Å². The van der Waals surface area contributed by atoms with E-state index in [1.807, 2.05) is 28.9 Å². The molecule has 0 radical (unpaired) electrons. The van der Waals surface area contributed by atoms with Crippen molar-refractivity contribution in [1.29, 1.82) is 0 Å². The molecule has 0 aliphatic rings. The van der Waals surface area contributed by atoms with Crippen LogP contribution in [0.15, 0.2) is 24.5 Å². The number of fused-ring (bicyclic) bond motifs is 1. The predicted octanol–water partition coefficient (Wildman–Crippen LogP) is 2.08. The Hall–Kier alpha value is -0.930. The lowest BCUT2D eigenvalue weighted by Gasteiger charge is -1.94. The predicted molar refractivity (Wildman–Crippen MR) is 56.4 cm³/mol. The Morgan fingerprint density at radius 2 is 2.31 bits per heavy atom. The first-order chi connectivity index (χ1) is 5.81. The maximum atomic E-state index is 5.70. The number of rotatable bonds is 1. The average molecular weight is 218 g/mol. The summed E-state index contributed by atoms with van der Waals surface area (Å²) in [7, 11) is 0. The van der Waals surface area contributed by atoms with Crippen molar-refractivity contribution in [3.63, 3.8) is 0 Å². The van der Waals surface area contributed by atoms with E-state index in [0.29, 0.717) is 11.6 Å². The number of hydrogen-bond acceptors (Lipinski definition) is 2. The first kappa shape index (κ1) is 10.2. The van der Waals surface area contributed by atoms with Crippen molar-refractivity contribution in [1.82, 2.24) is 9.38 Å². The molecular weight excluding hydrogens is 209 g/mol. The number of hydrogen-bond donors (Lipinski definition) is 1. The lowest BCUT2D eigenvalue weighted by Crippen LogP contribution is -1.90. The first-order valence-electron chi connectivity index (χ1n) is 3.59. The van der Waals surface area contributed by atoms with Gasteiger partial charge < -0.3 is 10.1 Å². The molecule has 5 heteroatoms. The van der Waals surface area contributed by atoms with Crippen molar-refractivity contribution in [2.45, 2.75) is 5.88 Å². The van der Waals surface area contributed by atoms with E-state index < -0.39 is 0 Å². The van der Waals surface area contributed by atoms with Crippen molar-refractivity contribution in [3.05, 3.63) is 30.2 Å². The minimum absolute atomic E-state index is 0. The zero-order valence-electron chi connectivity index (χ0n) is 6.77. The highest BCUT2D eigenvalue weighted by atomic mass is 35.5. The first-order valence-corrected chi connectivity index (χ1v) is 4.13. The van der Waals surface area contributed by atoms with Crippen molar-refractivity contribution in [2.75, 3.05) is 5.73 Å². The molecule has 3 nitrogen and oxygen atoms in total. The number of pyridine rings is 1. The number of nitrogen functional groups attached to an aromatic ring is 1. The maximum Gasteiger partial charge on any atom is 0.160 e. The Bertz CT molecular complexity index is 411. The van der Waals surface area contributed by atoms with E-state index >= 15 is 0 Å². The topological polar surface area (TPSA) is 43.3 Å². The SMILES string of the molecule is Cl.Nc1cccn2cc(CCl)nc12. The van der Waals surface area contributed by atoms with Gasteiger partial charge in [-0.3, -0.25) is 0 Å². The minimum atomic E-state index is 0. The lowest BCUT2D eigenvalue weighted by molar-refractivity contribution is 1.18. The smallest absolute Gasteiger partial charge is 0.160 e. The van der Waals surface area contributed by atoms with Crippen LogP contribution < -0.4 is 5.73 Å². The van der Waals surface area contributed by atoms with Gasteiger partial charge in [-0.15, -0.1) is 24.0 Å². The Labute approximate surface area is 86.9 Å². The van der Waals surface area contributed by atoms with E-state index in [2.05, 4.69) is 4.98 Å². The van der Waals surface area contributed by atoms with Crippen molar-refractivity contribution >= 4 is 35.3 Å². The third kappa shape index (κ3) is 1.71. The van der Waals surface area contributed by atoms with Gasteiger partial charge in [-0.2, -0.15) is 0 Å². The fourth-order valence-corrected chi connectivity index (χ4v) is 1.28. The summed E-state index contributed by atoms with van der Waals surface area (Å²) in [6.07, 6.45) is 3.77. The molecule has 0 unspecified atom stereocenters. The van der Waals surface area contributed by atoms with Gasteiger partial charge in [0.1, 0.15) is 0 Å². The Morgan fingerprint density at radius 1 is 1.54 bits per heavy atom. The van der Waals surface area contributed by atoms with Gasteiger partial charge in [0.15, 0.2) is 5.65 Å². The van der Waals surface area contributed by atoms with E-state index in [1.165, 1.54) is 0 Å². The van der Waals surface area contributed by atoms with Gasteiger partial charge in [-0.1, -0.05) is 0 Å². The molecule has 0 aromatic carbocycles. The quantitative estimate of drug-likeness (QED) is 0.744. The fraction of sp³-hybridized carbons (Fsp3) is 0.125. The molecule has 0 spiro atoms. The molecule has 0 saturated carbocycles. The monoisotopic (exact) mass is 217 g/mol. The molecule has 0 atom stereocenters. The van der Waals surface area contributed by atoms with E-state index in [-0.39, 0.29) is 12.4 Å². The highest BCUT2D eigenvalue weighted by Gasteiger charge is 2.01. The second kappa shape index (κ2) is 3.85. The number of halogens is 2. The van der Waals surface area contributed by atoms with Crippen molar-refractivity contribution in [2.24, 2.45) is 0 Å². The number of alkyl halides is 1. The van der Waals surface area contributed by atoms with Gasteiger partial charge in [0, 0.05) is 12.4 Å². The molecule has 2 aromatic rings. The molecule has 70 valence electrons. The number of anilines is 1. The molecular formula is C8H9Cl2N3. The zero-order valence-corrected chi connectivity index (χ0v) is 8.35. The summed E-state index contributed by atoms with van der Waals surface area (Å²) in [6, 6.07) is 3.70. The molecule has 0 bridgehead atoms. The van der Waals surface area contributed by atoms with Gasteiger partial charge in [0.05, 0.1) is 17.3 Å². The Kier molecular flexibility index (Phi) is 3.01. The molecule has 2 rings (SSSR count).